The summed E-state index contributed by atoms with van der Waals surface area (Å²) < 4.78 is 5.82. The fraction of sp³-hybridized carbons (Fsp3) is 0.667. The van der Waals surface area contributed by atoms with Crippen molar-refractivity contribution in [3.05, 3.63) is 18.3 Å². The topological polar surface area (TPSA) is 37.4 Å². The van der Waals surface area contributed by atoms with E-state index in [4.69, 9.17) is 4.74 Å². The predicted octanol–water partition coefficient (Wildman–Crippen LogP) is 2.37. The average molecular weight is 261 g/mol. The van der Waals surface area contributed by atoms with Crippen LogP contribution in [-0.2, 0) is 4.74 Å². The molecule has 0 amide bonds. The van der Waals surface area contributed by atoms with Gasteiger partial charge in [-0.15, -0.1) is 0 Å². The molecule has 0 spiro atoms. The van der Waals surface area contributed by atoms with Crippen molar-refractivity contribution in [2.45, 2.75) is 32.4 Å². The van der Waals surface area contributed by atoms with E-state index >= 15 is 0 Å². The first-order valence-electron chi connectivity index (χ1n) is 7.01. The van der Waals surface area contributed by atoms with Crippen LogP contribution in [0.15, 0.2) is 18.3 Å². The Labute approximate surface area is 115 Å². The fourth-order valence-electron chi connectivity index (χ4n) is 3.53. The number of nitrogens with one attached hydrogen (secondary N) is 1. The number of ether oxygens (including phenoxy) is 1. The molecule has 3 unspecified atom stereocenters. The van der Waals surface area contributed by atoms with Crippen molar-refractivity contribution in [3.63, 3.8) is 0 Å². The minimum atomic E-state index is 0.210. The molecule has 4 heteroatoms. The minimum Gasteiger partial charge on any atom is -0.380 e. The number of pyridine rings is 1. The monoisotopic (exact) mass is 261 g/mol. The Bertz CT molecular complexity index is 455. The van der Waals surface area contributed by atoms with E-state index in [0.717, 1.165) is 18.1 Å². The smallest absolute Gasteiger partial charge is 0.128 e. The summed E-state index contributed by atoms with van der Waals surface area (Å²) in [4.78, 5) is 6.47. The summed E-state index contributed by atoms with van der Waals surface area (Å²) in [6.45, 7) is 5.49. The van der Waals surface area contributed by atoms with E-state index in [9.17, 15) is 0 Å². The van der Waals surface area contributed by atoms with Gasteiger partial charge in [0.1, 0.15) is 5.82 Å². The second kappa shape index (κ2) is 4.37. The Morgan fingerprint density at radius 3 is 2.79 bits per heavy atom. The lowest BCUT2D eigenvalue weighted by molar-refractivity contribution is -0.0923. The van der Waals surface area contributed by atoms with Crippen LogP contribution in [0.4, 0.5) is 11.5 Å². The molecular formula is C15H23N3O. The highest BCUT2D eigenvalue weighted by atomic mass is 16.5. The third-order valence-electron chi connectivity index (χ3n) is 4.63. The van der Waals surface area contributed by atoms with E-state index in [2.05, 4.69) is 36.3 Å². The van der Waals surface area contributed by atoms with E-state index in [1.807, 2.05) is 25.2 Å². The summed E-state index contributed by atoms with van der Waals surface area (Å²) in [5.74, 6) is 1.64. The summed E-state index contributed by atoms with van der Waals surface area (Å²) in [7, 11) is 4.01. The van der Waals surface area contributed by atoms with Gasteiger partial charge in [0.25, 0.3) is 0 Å². The van der Waals surface area contributed by atoms with Crippen molar-refractivity contribution in [1.82, 2.24) is 4.98 Å². The van der Waals surface area contributed by atoms with Gasteiger partial charge in [-0.05, 0) is 18.6 Å². The summed E-state index contributed by atoms with van der Waals surface area (Å²) >= 11 is 0. The van der Waals surface area contributed by atoms with E-state index in [1.165, 1.54) is 6.42 Å². The highest BCUT2D eigenvalue weighted by molar-refractivity contribution is 5.49. The van der Waals surface area contributed by atoms with Crippen molar-refractivity contribution in [2.75, 3.05) is 30.9 Å². The molecule has 19 heavy (non-hydrogen) atoms. The van der Waals surface area contributed by atoms with Crippen LogP contribution in [0.2, 0.25) is 0 Å². The molecule has 1 aliphatic carbocycles. The van der Waals surface area contributed by atoms with Gasteiger partial charge in [0.05, 0.1) is 18.0 Å². The number of anilines is 2. The molecule has 2 aliphatic rings. The third kappa shape index (κ3) is 1.98. The van der Waals surface area contributed by atoms with Gasteiger partial charge in [-0.2, -0.15) is 0 Å². The maximum absolute atomic E-state index is 5.82. The van der Waals surface area contributed by atoms with Gasteiger partial charge < -0.3 is 15.0 Å². The van der Waals surface area contributed by atoms with Crippen molar-refractivity contribution in [1.29, 1.82) is 0 Å². The van der Waals surface area contributed by atoms with Crippen LogP contribution in [0.3, 0.4) is 0 Å². The second-order valence-electron chi connectivity index (χ2n) is 6.49. The molecule has 0 bridgehead atoms. The zero-order valence-corrected chi connectivity index (χ0v) is 12.2. The lowest BCUT2D eigenvalue weighted by atomic mass is 9.57. The van der Waals surface area contributed by atoms with Crippen molar-refractivity contribution in [3.8, 4) is 0 Å². The molecule has 1 aromatic rings. The number of nitrogens with zero attached hydrogens (tertiary/aromatic N) is 2. The number of hydrogen-bond acceptors (Lipinski definition) is 4. The zero-order chi connectivity index (χ0) is 13.6. The SMILES string of the molecule is CN(C)c1ccc(NC2C3CCOC3C2(C)C)cn1. The standard InChI is InChI=1S/C15H23N3O/c1-15(2)13(11-7-8-19-14(11)15)17-10-5-6-12(16-9-10)18(3)4/h5-6,9,11,13-14,17H,7-8H2,1-4H3. The summed E-state index contributed by atoms with van der Waals surface area (Å²) in [6, 6.07) is 4.66. The lowest BCUT2D eigenvalue weighted by Gasteiger charge is -2.55. The molecule has 1 aromatic heterocycles. The molecule has 104 valence electrons. The van der Waals surface area contributed by atoms with Gasteiger partial charge in [0.15, 0.2) is 0 Å². The maximum Gasteiger partial charge on any atom is 0.128 e. The normalized spacial score (nSPS) is 31.5. The molecule has 4 nitrogen and oxygen atoms in total. The fourth-order valence-corrected chi connectivity index (χ4v) is 3.53. The first-order chi connectivity index (χ1) is 9.00. The van der Waals surface area contributed by atoms with E-state index in [0.29, 0.717) is 18.1 Å². The van der Waals surface area contributed by atoms with Gasteiger partial charge in [-0.1, -0.05) is 13.8 Å². The van der Waals surface area contributed by atoms with Crippen LogP contribution in [0.5, 0.6) is 0 Å². The molecule has 1 N–H and O–H groups in total. The Kier molecular flexibility index (Phi) is 2.93. The van der Waals surface area contributed by atoms with Gasteiger partial charge in [-0.3, -0.25) is 0 Å². The van der Waals surface area contributed by atoms with Gasteiger partial charge in [0, 0.05) is 38.1 Å². The van der Waals surface area contributed by atoms with Gasteiger partial charge in [-0.25, -0.2) is 4.98 Å². The van der Waals surface area contributed by atoms with E-state index < -0.39 is 0 Å². The van der Waals surface area contributed by atoms with Crippen LogP contribution in [0.25, 0.3) is 0 Å². The maximum atomic E-state index is 5.82. The predicted molar refractivity (Wildman–Crippen MR) is 77.6 cm³/mol. The summed E-state index contributed by atoms with van der Waals surface area (Å²) in [5, 5.41) is 3.65. The van der Waals surface area contributed by atoms with Gasteiger partial charge >= 0.3 is 0 Å². The molecule has 3 atom stereocenters. The van der Waals surface area contributed by atoms with Gasteiger partial charge in [0.2, 0.25) is 0 Å². The van der Waals surface area contributed by atoms with Crippen LogP contribution in [-0.4, -0.2) is 37.8 Å². The van der Waals surface area contributed by atoms with Crippen molar-refractivity contribution in [2.24, 2.45) is 11.3 Å². The lowest BCUT2D eigenvalue weighted by Crippen LogP contribution is -2.63. The molecule has 1 saturated heterocycles. The largest absolute Gasteiger partial charge is 0.380 e. The van der Waals surface area contributed by atoms with Crippen molar-refractivity contribution < 1.29 is 4.74 Å². The molecule has 0 radical (unpaired) electrons. The first-order valence-corrected chi connectivity index (χ1v) is 7.01. The van der Waals surface area contributed by atoms with E-state index in [1.54, 1.807) is 0 Å². The van der Waals surface area contributed by atoms with Crippen LogP contribution in [0, 0.1) is 11.3 Å². The van der Waals surface area contributed by atoms with Crippen molar-refractivity contribution >= 4 is 11.5 Å². The quantitative estimate of drug-likeness (QED) is 0.906. The minimum absolute atomic E-state index is 0.210. The molecule has 1 saturated carbocycles. The first kappa shape index (κ1) is 12.7. The van der Waals surface area contributed by atoms with Crippen LogP contribution in [0.1, 0.15) is 20.3 Å². The Morgan fingerprint density at radius 2 is 2.16 bits per heavy atom. The molecule has 2 fully saturated rings. The van der Waals surface area contributed by atoms with Crippen LogP contribution < -0.4 is 10.2 Å². The average Bonchev–Trinajstić information content (AvgIpc) is 2.83. The summed E-state index contributed by atoms with van der Waals surface area (Å²) in [5.41, 5.74) is 1.32. The molecule has 1 aliphatic heterocycles. The van der Waals surface area contributed by atoms with Crippen LogP contribution >= 0.6 is 0 Å². The number of hydrogen-bond donors (Lipinski definition) is 1. The number of rotatable bonds is 3. The number of aromatic nitrogens is 1. The number of fused-ring (bicyclic) bond motifs is 1. The Balaban J connectivity index is 1.71. The molecule has 0 aromatic carbocycles. The molecule has 2 heterocycles. The Morgan fingerprint density at radius 1 is 1.37 bits per heavy atom. The molecule has 3 rings (SSSR count). The molecular weight excluding hydrogens is 238 g/mol. The Hall–Kier alpha value is -1.29. The van der Waals surface area contributed by atoms with E-state index in [-0.39, 0.29) is 5.41 Å². The summed E-state index contributed by atoms with van der Waals surface area (Å²) in [6.07, 6.45) is 3.53. The highest BCUT2D eigenvalue weighted by Crippen LogP contribution is 2.53. The second-order valence-corrected chi connectivity index (χ2v) is 6.49. The zero-order valence-electron chi connectivity index (χ0n) is 12.2. The highest BCUT2D eigenvalue weighted by Gasteiger charge is 2.59. The third-order valence-corrected chi connectivity index (χ3v) is 4.63.